The minimum Gasteiger partial charge on any atom is -0.297 e. The summed E-state index contributed by atoms with van der Waals surface area (Å²) in [5, 5.41) is 0. The number of carbonyl (C=O) groups excluding carboxylic acids is 1. The van der Waals surface area contributed by atoms with E-state index < -0.39 is 0 Å². The molecule has 0 aliphatic carbocycles. The predicted octanol–water partition coefficient (Wildman–Crippen LogP) is 2.23. The number of hydrogen-bond acceptors (Lipinski definition) is 4. The van der Waals surface area contributed by atoms with Crippen molar-refractivity contribution in [2.45, 2.75) is 6.92 Å². The third kappa shape index (κ3) is 1.84. The third-order valence-corrected chi connectivity index (χ3v) is 2.51. The molecule has 0 radical (unpaired) electrons. The zero-order valence-corrected chi connectivity index (χ0v) is 8.48. The second-order valence-electron chi connectivity index (χ2n) is 2.43. The third-order valence-electron chi connectivity index (χ3n) is 1.53. The monoisotopic (exact) mass is 214 g/mol. The second kappa shape index (κ2) is 3.81. The predicted molar refractivity (Wildman–Crippen MR) is 54.8 cm³/mol. The molecule has 3 nitrogen and oxygen atoms in total. The molecule has 5 heteroatoms. The Hall–Kier alpha value is -1.00. The van der Waals surface area contributed by atoms with Gasteiger partial charge in [0.15, 0.2) is 6.29 Å². The lowest BCUT2D eigenvalue weighted by Gasteiger charge is -1.88. The lowest BCUT2D eigenvalue weighted by Crippen LogP contribution is -1.83. The first kappa shape index (κ1) is 10.1. The van der Waals surface area contributed by atoms with Gasteiger partial charge in [-0.15, -0.1) is 23.7 Å². The normalized spacial score (nSPS) is 9.62. The number of aldehydes is 1. The van der Waals surface area contributed by atoms with E-state index >= 15 is 0 Å². The maximum atomic E-state index is 10.4. The molecule has 0 N–H and O–H groups in total. The van der Waals surface area contributed by atoms with E-state index in [4.69, 9.17) is 0 Å². The topological polar surface area (TPSA) is 42.9 Å². The molecule has 0 bridgehead atoms. The molecule has 0 saturated carbocycles. The number of hydrogen-bond donors (Lipinski definition) is 0. The van der Waals surface area contributed by atoms with Crippen molar-refractivity contribution in [2.24, 2.45) is 0 Å². The summed E-state index contributed by atoms with van der Waals surface area (Å²) in [6.45, 7) is 1.83. The van der Waals surface area contributed by atoms with Gasteiger partial charge in [0.1, 0.15) is 5.82 Å². The summed E-state index contributed by atoms with van der Waals surface area (Å²) in [4.78, 5) is 19.3. The Kier molecular flexibility index (Phi) is 2.95. The van der Waals surface area contributed by atoms with Gasteiger partial charge < -0.3 is 0 Å². The van der Waals surface area contributed by atoms with Crippen LogP contribution >= 0.6 is 23.7 Å². The van der Waals surface area contributed by atoms with Crippen molar-refractivity contribution < 1.29 is 4.79 Å². The summed E-state index contributed by atoms with van der Waals surface area (Å²) < 4.78 is 0.961. The highest BCUT2D eigenvalue weighted by molar-refractivity contribution is 7.20. The van der Waals surface area contributed by atoms with Crippen molar-refractivity contribution in [1.82, 2.24) is 9.97 Å². The second-order valence-corrected chi connectivity index (χ2v) is 3.55. The molecule has 2 aromatic heterocycles. The van der Waals surface area contributed by atoms with Crippen molar-refractivity contribution >= 4 is 40.2 Å². The summed E-state index contributed by atoms with van der Waals surface area (Å²) in [6.07, 6.45) is 2.58. The summed E-state index contributed by atoms with van der Waals surface area (Å²) in [7, 11) is 0. The van der Waals surface area contributed by atoms with Gasteiger partial charge in [0.05, 0.1) is 15.1 Å². The number of aryl methyl sites for hydroxylation is 1. The first-order valence-corrected chi connectivity index (χ1v) is 4.29. The molecular formula is C8H7ClN2OS. The quantitative estimate of drug-likeness (QED) is 0.684. The summed E-state index contributed by atoms with van der Waals surface area (Å²) in [6, 6.07) is 1.78. The van der Waals surface area contributed by atoms with Gasteiger partial charge in [-0.25, -0.2) is 9.97 Å². The Morgan fingerprint density at radius 3 is 3.00 bits per heavy atom. The lowest BCUT2D eigenvalue weighted by molar-refractivity contribution is 0.112. The number of carbonyl (C=O) groups is 1. The van der Waals surface area contributed by atoms with Crippen LogP contribution in [-0.2, 0) is 0 Å². The fourth-order valence-corrected chi connectivity index (χ4v) is 1.79. The number of thiophene rings is 1. The lowest BCUT2D eigenvalue weighted by atomic mass is 10.4. The molecule has 0 unspecified atom stereocenters. The van der Waals surface area contributed by atoms with Crippen molar-refractivity contribution in [3.8, 4) is 0 Å². The van der Waals surface area contributed by atoms with E-state index in [0.717, 1.165) is 22.3 Å². The molecule has 0 atom stereocenters. The van der Waals surface area contributed by atoms with Crippen molar-refractivity contribution in [1.29, 1.82) is 0 Å². The summed E-state index contributed by atoms with van der Waals surface area (Å²) in [5.74, 6) is 0.734. The van der Waals surface area contributed by atoms with E-state index in [9.17, 15) is 4.79 Å². The van der Waals surface area contributed by atoms with Gasteiger partial charge >= 0.3 is 0 Å². The van der Waals surface area contributed by atoms with Crippen molar-refractivity contribution in [3.05, 3.63) is 23.0 Å². The van der Waals surface area contributed by atoms with Crippen LogP contribution < -0.4 is 0 Å². The van der Waals surface area contributed by atoms with Gasteiger partial charge in [-0.05, 0) is 13.0 Å². The molecule has 0 spiro atoms. The molecule has 2 rings (SSSR count). The molecule has 0 saturated heterocycles. The van der Waals surface area contributed by atoms with Crippen LogP contribution in [0.5, 0.6) is 0 Å². The van der Waals surface area contributed by atoms with Crippen LogP contribution in [0.25, 0.3) is 10.2 Å². The summed E-state index contributed by atoms with van der Waals surface area (Å²) >= 11 is 1.41. The van der Waals surface area contributed by atoms with Gasteiger partial charge in [-0.1, -0.05) is 0 Å². The Morgan fingerprint density at radius 2 is 2.31 bits per heavy atom. The van der Waals surface area contributed by atoms with Crippen molar-refractivity contribution in [3.63, 3.8) is 0 Å². The molecule has 0 aliphatic heterocycles. The molecule has 13 heavy (non-hydrogen) atoms. The van der Waals surface area contributed by atoms with Gasteiger partial charge in [-0.3, -0.25) is 4.79 Å². The van der Waals surface area contributed by atoms with E-state index in [1.807, 2.05) is 6.92 Å². The van der Waals surface area contributed by atoms with Crippen LogP contribution in [0, 0.1) is 6.92 Å². The smallest absolute Gasteiger partial charge is 0.160 e. The van der Waals surface area contributed by atoms with Crippen molar-refractivity contribution in [2.75, 3.05) is 0 Å². The fraction of sp³-hybridized carbons (Fsp3) is 0.125. The van der Waals surface area contributed by atoms with Gasteiger partial charge in [0.2, 0.25) is 0 Å². The Morgan fingerprint density at radius 1 is 1.54 bits per heavy atom. The maximum Gasteiger partial charge on any atom is 0.160 e. The van der Waals surface area contributed by atoms with Crippen LogP contribution in [0.15, 0.2) is 12.3 Å². The highest BCUT2D eigenvalue weighted by Crippen LogP contribution is 2.21. The molecule has 0 amide bonds. The number of halogens is 1. The number of rotatable bonds is 1. The molecule has 0 aromatic carbocycles. The molecular weight excluding hydrogens is 208 g/mol. The Labute approximate surface area is 85.2 Å². The van der Waals surface area contributed by atoms with Gasteiger partial charge in [-0.2, -0.15) is 0 Å². The molecule has 0 fully saturated rings. The van der Waals surface area contributed by atoms with Crippen LogP contribution in [-0.4, -0.2) is 16.3 Å². The minimum atomic E-state index is 0. The Balaban J connectivity index is 0.000000845. The largest absolute Gasteiger partial charge is 0.297 e. The molecule has 2 heterocycles. The number of aromatic nitrogens is 2. The average molecular weight is 215 g/mol. The van der Waals surface area contributed by atoms with E-state index in [-0.39, 0.29) is 12.4 Å². The Bertz CT molecular complexity index is 441. The minimum absolute atomic E-state index is 0. The first-order valence-electron chi connectivity index (χ1n) is 3.48. The van der Waals surface area contributed by atoms with Gasteiger partial charge in [0, 0.05) is 6.20 Å². The zero-order valence-electron chi connectivity index (χ0n) is 6.85. The highest BCUT2D eigenvalue weighted by Gasteiger charge is 2.01. The van der Waals surface area contributed by atoms with Gasteiger partial charge in [0.25, 0.3) is 0 Å². The van der Waals surface area contributed by atoms with Crippen LogP contribution in [0.2, 0.25) is 0 Å². The molecule has 2 aromatic rings. The van der Waals surface area contributed by atoms with Crippen LogP contribution in [0.3, 0.4) is 0 Å². The first-order chi connectivity index (χ1) is 5.79. The number of nitrogens with zero attached hydrogens (tertiary/aromatic N) is 2. The van der Waals surface area contributed by atoms with E-state index in [0.29, 0.717) is 4.88 Å². The zero-order chi connectivity index (χ0) is 8.55. The fourth-order valence-electron chi connectivity index (χ4n) is 1.01. The van der Waals surface area contributed by atoms with E-state index in [1.165, 1.54) is 11.3 Å². The summed E-state index contributed by atoms with van der Waals surface area (Å²) in [5.41, 5.74) is 0.856. The average Bonchev–Trinajstić information content (AvgIpc) is 2.46. The standard InChI is InChI=1S/C8H6N2OS.ClH/c1-5-9-3-8-7(10-5)2-6(4-11)12-8;/h2-4H,1H3;1H. The maximum absolute atomic E-state index is 10.4. The molecule has 68 valence electrons. The SMILES string of the molecule is Cc1ncc2sc(C=O)cc2n1.Cl. The van der Waals surface area contributed by atoms with E-state index in [2.05, 4.69) is 9.97 Å². The van der Waals surface area contributed by atoms with Crippen LogP contribution in [0.1, 0.15) is 15.5 Å². The number of fused-ring (bicyclic) bond motifs is 1. The van der Waals surface area contributed by atoms with Crippen LogP contribution in [0.4, 0.5) is 0 Å². The molecule has 0 aliphatic rings. The highest BCUT2D eigenvalue weighted by atomic mass is 35.5. The van der Waals surface area contributed by atoms with E-state index in [1.54, 1.807) is 12.3 Å².